The van der Waals surface area contributed by atoms with E-state index in [4.69, 9.17) is 11.5 Å². The van der Waals surface area contributed by atoms with Gasteiger partial charge < -0.3 is 16.8 Å². The van der Waals surface area contributed by atoms with Crippen LogP contribution in [-0.4, -0.2) is 17.9 Å². The van der Waals surface area contributed by atoms with Crippen LogP contribution in [0.5, 0.6) is 0 Å². The third-order valence-corrected chi connectivity index (χ3v) is 2.12. The maximum Gasteiger partial charge on any atom is 0.244 e. The fourth-order valence-corrected chi connectivity index (χ4v) is 1.24. The van der Waals surface area contributed by atoms with E-state index in [1.807, 2.05) is 6.07 Å². The summed E-state index contributed by atoms with van der Waals surface area (Å²) >= 11 is 0. The van der Waals surface area contributed by atoms with Crippen LogP contribution in [0.4, 0.5) is 0 Å². The van der Waals surface area contributed by atoms with Crippen LogP contribution < -0.4 is 16.8 Å². The molecule has 1 unspecified atom stereocenters. The molecule has 2 atom stereocenters. The fraction of sp³-hybridized carbons (Fsp3) is 0.273. The molecule has 0 heterocycles. The van der Waals surface area contributed by atoms with Crippen LogP contribution in [0.1, 0.15) is 18.5 Å². The largest absolute Gasteiger partial charge is 0.368 e. The molecule has 1 aromatic carbocycles. The lowest BCUT2D eigenvalue weighted by molar-refractivity contribution is -0.128. The Morgan fingerprint density at radius 1 is 1.24 bits per heavy atom. The predicted octanol–water partition coefficient (Wildman–Crippen LogP) is 0.0982. The molecule has 0 saturated carbocycles. The van der Waals surface area contributed by atoms with E-state index < -0.39 is 23.9 Å². The molecular formula is C11H16ClN3O2. The van der Waals surface area contributed by atoms with Crippen molar-refractivity contribution < 1.29 is 9.59 Å². The summed E-state index contributed by atoms with van der Waals surface area (Å²) in [7, 11) is 0. The quantitative estimate of drug-likeness (QED) is 0.713. The van der Waals surface area contributed by atoms with E-state index in [1.165, 1.54) is 0 Å². The van der Waals surface area contributed by atoms with E-state index in [0.29, 0.717) is 5.56 Å². The zero-order chi connectivity index (χ0) is 12.1. The predicted molar refractivity (Wildman–Crippen MR) is 67.4 cm³/mol. The summed E-state index contributed by atoms with van der Waals surface area (Å²) in [6, 6.07) is 7.28. The summed E-state index contributed by atoms with van der Waals surface area (Å²) in [6.07, 6.45) is 0. The maximum absolute atomic E-state index is 11.4. The first kappa shape index (κ1) is 15.4. The molecule has 2 amide bonds. The van der Waals surface area contributed by atoms with Gasteiger partial charge in [-0.3, -0.25) is 9.59 Å². The molecule has 1 rings (SSSR count). The van der Waals surface area contributed by atoms with Crippen molar-refractivity contribution in [2.24, 2.45) is 11.5 Å². The van der Waals surface area contributed by atoms with Crippen molar-refractivity contribution in [2.45, 2.75) is 19.0 Å². The van der Waals surface area contributed by atoms with E-state index in [2.05, 4.69) is 5.32 Å². The van der Waals surface area contributed by atoms with Crippen molar-refractivity contribution in [2.75, 3.05) is 0 Å². The Labute approximate surface area is 106 Å². The molecule has 17 heavy (non-hydrogen) atoms. The van der Waals surface area contributed by atoms with Crippen molar-refractivity contribution in [3.63, 3.8) is 0 Å². The molecule has 0 aliphatic heterocycles. The van der Waals surface area contributed by atoms with Crippen LogP contribution in [0.25, 0.3) is 0 Å². The minimum Gasteiger partial charge on any atom is -0.368 e. The number of benzene rings is 1. The lowest BCUT2D eigenvalue weighted by Gasteiger charge is -2.17. The second-order valence-corrected chi connectivity index (χ2v) is 3.54. The van der Waals surface area contributed by atoms with Crippen LogP contribution in [-0.2, 0) is 9.59 Å². The number of nitrogens with one attached hydrogen (secondary N) is 1. The highest BCUT2D eigenvalue weighted by molar-refractivity contribution is 5.89. The molecule has 0 fully saturated rings. The zero-order valence-electron chi connectivity index (χ0n) is 9.42. The Bertz CT molecular complexity index is 382. The van der Waals surface area contributed by atoms with Crippen LogP contribution >= 0.6 is 12.4 Å². The molecule has 0 bridgehead atoms. The number of hydrogen-bond donors (Lipinski definition) is 3. The van der Waals surface area contributed by atoms with Gasteiger partial charge in [0.05, 0.1) is 6.04 Å². The van der Waals surface area contributed by atoms with E-state index >= 15 is 0 Å². The second-order valence-electron chi connectivity index (χ2n) is 3.54. The monoisotopic (exact) mass is 257 g/mol. The van der Waals surface area contributed by atoms with E-state index in [0.717, 1.165) is 0 Å². The molecule has 0 aliphatic rings. The lowest BCUT2D eigenvalue weighted by Crippen LogP contribution is -2.44. The molecule has 0 spiro atoms. The Hall–Kier alpha value is -1.59. The Kier molecular flexibility index (Phi) is 6.23. The van der Waals surface area contributed by atoms with Crippen LogP contribution in [0.2, 0.25) is 0 Å². The lowest BCUT2D eigenvalue weighted by atomic mass is 10.1. The Morgan fingerprint density at radius 3 is 2.18 bits per heavy atom. The minimum atomic E-state index is -0.834. The molecule has 1 aromatic rings. The summed E-state index contributed by atoms with van der Waals surface area (Å²) < 4.78 is 0. The van der Waals surface area contributed by atoms with E-state index in [9.17, 15) is 9.59 Å². The Morgan fingerprint density at radius 2 is 1.76 bits per heavy atom. The number of halogens is 1. The van der Waals surface area contributed by atoms with Gasteiger partial charge in [-0.1, -0.05) is 30.3 Å². The summed E-state index contributed by atoms with van der Waals surface area (Å²) in [5.74, 6) is -1.02. The smallest absolute Gasteiger partial charge is 0.244 e. The SMILES string of the molecule is C[C@@H](N)C(=O)NC(C(N)=O)c1ccccc1.Cl. The number of rotatable bonds is 4. The molecule has 94 valence electrons. The summed E-state index contributed by atoms with van der Waals surface area (Å²) in [5.41, 5.74) is 11.3. The van der Waals surface area contributed by atoms with Gasteiger partial charge in [-0.2, -0.15) is 0 Å². The van der Waals surface area contributed by atoms with Gasteiger partial charge in [-0.15, -0.1) is 12.4 Å². The number of hydrogen-bond acceptors (Lipinski definition) is 3. The van der Waals surface area contributed by atoms with Crippen molar-refractivity contribution in [3.05, 3.63) is 35.9 Å². The molecule has 6 heteroatoms. The number of carbonyl (C=O) groups excluding carboxylic acids is 2. The highest BCUT2D eigenvalue weighted by atomic mass is 35.5. The first-order valence-electron chi connectivity index (χ1n) is 4.92. The van der Waals surface area contributed by atoms with Gasteiger partial charge in [-0.05, 0) is 12.5 Å². The van der Waals surface area contributed by atoms with Crippen LogP contribution in [0.15, 0.2) is 30.3 Å². The zero-order valence-corrected chi connectivity index (χ0v) is 10.2. The normalized spacial score (nSPS) is 13.1. The van der Waals surface area contributed by atoms with Crippen molar-refractivity contribution in [1.29, 1.82) is 0 Å². The molecule has 0 aliphatic carbocycles. The highest BCUT2D eigenvalue weighted by Gasteiger charge is 2.21. The average Bonchev–Trinajstić information content (AvgIpc) is 2.26. The summed E-state index contributed by atoms with van der Waals surface area (Å²) in [5, 5.41) is 2.49. The second kappa shape index (κ2) is 6.88. The van der Waals surface area contributed by atoms with E-state index in [1.54, 1.807) is 31.2 Å². The number of primary amides is 1. The third-order valence-electron chi connectivity index (χ3n) is 2.12. The van der Waals surface area contributed by atoms with Gasteiger partial charge in [0.1, 0.15) is 6.04 Å². The van der Waals surface area contributed by atoms with Crippen molar-refractivity contribution in [3.8, 4) is 0 Å². The van der Waals surface area contributed by atoms with Gasteiger partial charge in [0, 0.05) is 0 Å². The first-order valence-corrected chi connectivity index (χ1v) is 4.92. The standard InChI is InChI=1S/C11H15N3O2.ClH/c1-7(12)11(16)14-9(10(13)15)8-5-3-2-4-6-8;/h2-7,9H,12H2,1H3,(H2,13,15)(H,14,16);1H/t7-,9?;/m1./s1. The number of amides is 2. The van der Waals surface area contributed by atoms with Gasteiger partial charge in [0.15, 0.2) is 0 Å². The van der Waals surface area contributed by atoms with Crippen molar-refractivity contribution in [1.82, 2.24) is 5.32 Å². The molecular weight excluding hydrogens is 242 g/mol. The topological polar surface area (TPSA) is 98.2 Å². The maximum atomic E-state index is 11.4. The number of nitrogens with two attached hydrogens (primary N) is 2. The van der Waals surface area contributed by atoms with Crippen molar-refractivity contribution >= 4 is 24.2 Å². The first-order chi connectivity index (χ1) is 7.52. The molecule has 5 N–H and O–H groups in total. The molecule has 0 aromatic heterocycles. The molecule has 0 saturated heterocycles. The average molecular weight is 258 g/mol. The van der Waals surface area contributed by atoms with Gasteiger partial charge in [0.2, 0.25) is 11.8 Å². The summed E-state index contributed by atoms with van der Waals surface area (Å²) in [4.78, 5) is 22.6. The Balaban J connectivity index is 0.00000256. The van der Waals surface area contributed by atoms with Crippen LogP contribution in [0.3, 0.4) is 0 Å². The summed E-state index contributed by atoms with van der Waals surface area (Å²) in [6.45, 7) is 1.54. The molecule has 0 radical (unpaired) electrons. The van der Waals surface area contributed by atoms with Gasteiger partial charge in [-0.25, -0.2) is 0 Å². The third kappa shape index (κ3) is 4.42. The van der Waals surface area contributed by atoms with E-state index in [-0.39, 0.29) is 12.4 Å². The van der Waals surface area contributed by atoms with Gasteiger partial charge >= 0.3 is 0 Å². The van der Waals surface area contributed by atoms with Crippen LogP contribution in [0, 0.1) is 0 Å². The highest BCUT2D eigenvalue weighted by Crippen LogP contribution is 2.11. The fourth-order valence-electron chi connectivity index (χ4n) is 1.24. The van der Waals surface area contributed by atoms with Gasteiger partial charge in [0.25, 0.3) is 0 Å². The minimum absolute atomic E-state index is 0. The molecule has 5 nitrogen and oxygen atoms in total. The number of carbonyl (C=O) groups is 2.